The van der Waals surface area contributed by atoms with E-state index in [2.05, 4.69) is 15.6 Å². The van der Waals surface area contributed by atoms with Crippen molar-refractivity contribution in [2.45, 2.75) is 32.6 Å². The van der Waals surface area contributed by atoms with Crippen LogP contribution in [0.4, 0.5) is 5.82 Å². The number of rotatable bonds is 9. The molecule has 0 bridgehead atoms. The van der Waals surface area contributed by atoms with E-state index in [0.717, 1.165) is 13.0 Å². The number of carbonyl (C=O) groups excluding carboxylic acids is 2. The maximum atomic E-state index is 11.9. The number of halogens is 1. The number of nitrogens with one attached hydrogen (secondary N) is 2. The van der Waals surface area contributed by atoms with Gasteiger partial charge in [-0.1, -0.05) is 18.5 Å². The summed E-state index contributed by atoms with van der Waals surface area (Å²) in [4.78, 5) is 26.6. The molecule has 0 aliphatic carbocycles. The number of pyridine rings is 1. The van der Waals surface area contributed by atoms with Crippen molar-refractivity contribution in [3.05, 3.63) is 22.8 Å². The first-order valence-electron chi connectivity index (χ1n) is 7.00. The summed E-state index contributed by atoms with van der Waals surface area (Å²) >= 11 is 6.07. The van der Waals surface area contributed by atoms with E-state index in [0.29, 0.717) is 42.2 Å². The van der Waals surface area contributed by atoms with Crippen LogP contribution in [0.5, 0.6) is 0 Å². The Hall–Kier alpha value is -1.82. The smallest absolute Gasteiger partial charge is 0.252 e. The molecule has 7 heteroatoms. The van der Waals surface area contributed by atoms with Gasteiger partial charge in [0.05, 0.1) is 10.6 Å². The fourth-order valence-electron chi connectivity index (χ4n) is 1.66. The number of hydrogen-bond donors (Lipinski definition) is 3. The molecule has 0 saturated carbocycles. The zero-order valence-electron chi connectivity index (χ0n) is 12.1. The number of carbonyl (C=O) groups is 2. The van der Waals surface area contributed by atoms with E-state index in [-0.39, 0.29) is 11.8 Å². The van der Waals surface area contributed by atoms with Gasteiger partial charge in [0, 0.05) is 25.7 Å². The maximum absolute atomic E-state index is 11.9. The minimum atomic E-state index is -0.326. The van der Waals surface area contributed by atoms with Gasteiger partial charge in [0.25, 0.3) is 5.91 Å². The average molecular weight is 313 g/mol. The fourth-order valence-corrected chi connectivity index (χ4v) is 1.90. The molecule has 1 heterocycles. The third kappa shape index (κ3) is 6.44. The minimum Gasteiger partial charge on any atom is -0.370 e. The largest absolute Gasteiger partial charge is 0.370 e. The molecule has 0 fully saturated rings. The molecule has 1 aromatic heterocycles. The predicted molar refractivity (Wildman–Crippen MR) is 83.4 cm³/mol. The number of nitrogens with zero attached hydrogens (tertiary/aromatic N) is 1. The van der Waals surface area contributed by atoms with E-state index in [1.54, 1.807) is 6.07 Å². The first-order chi connectivity index (χ1) is 10.0. The SMILES string of the molecule is CCCNc1ncc(C(=O)NCCCCC(N)=O)cc1Cl. The number of primary amides is 1. The van der Waals surface area contributed by atoms with Crippen LogP contribution in [0.15, 0.2) is 12.3 Å². The van der Waals surface area contributed by atoms with Crippen molar-refractivity contribution >= 4 is 29.2 Å². The minimum absolute atomic E-state index is 0.231. The Bertz CT molecular complexity index is 494. The van der Waals surface area contributed by atoms with E-state index in [1.165, 1.54) is 6.20 Å². The van der Waals surface area contributed by atoms with Crippen LogP contribution < -0.4 is 16.4 Å². The van der Waals surface area contributed by atoms with Crippen molar-refractivity contribution in [3.63, 3.8) is 0 Å². The lowest BCUT2D eigenvalue weighted by Crippen LogP contribution is -2.25. The summed E-state index contributed by atoms with van der Waals surface area (Å²) in [7, 11) is 0. The van der Waals surface area contributed by atoms with E-state index < -0.39 is 0 Å². The molecule has 0 aromatic carbocycles. The van der Waals surface area contributed by atoms with Crippen molar-refractivity contribution in [1.82, 2.24) is 10.3 Å². The van der Waals surface area contributed by atoms with Gasteiger partial charge in [-0.3, -0.25) is 9.59 Å². The summed E-state index contributed by atoms with van der Waals surface area (Å²) in [6.07, 6.45) is 4.15. The van der Waals surface area contributed by atoms with Gasteiger partial charge >= 0.3 is 0 Å². The molecule has 1 rings (SSSR count). The van der Waals surface area contributed by atoms with E-state index in [4.69, 9.17) is 17.3 Å². The topological polar surface area (TPSA) is 97.1 Å². The Kier molecular flexibility index (Phi) is 7.53. The monoisotopic (exact) mass is 312 g/mol. The molecule has 21 heavy (non-hydrogen) atoms. The quantitative estimate of drug-likeness (QED) is 0.607. The number of anilines is 1. The van der Waals surface area contributed by atoms with E-state index >= 15 is 0 Å². The second kappa shape index (κ2) is 9.18. The highest BCUT2D eigenvalue weighted by Crippen LogP contribution is 2.19. The van der Waals surface area contributed by atoms with Crippen LogP contribution in [0.2, 0.25) is 5.02 Å². The predicted octanol–water partition coefficient (Wildman–Crippen LogP) is 1.94. The van der Waals surface area contributed by atoms with Gasteiger partial charge in [0.2, 0.25) is 5.91 Å². The average Bonchev–Trinajstić information content (AvgIpc) is 2.45. The van der Waals surface area contributed by atoms with Gasteiger partial charge in [-0.2, -0.15) is 0 Å². The Balaban J connectivity index is 2.43. The van der Waals surface area contributed by atoms with Crippen LogP contribution in [-0.2, 0) is 4.79 Å². The lowest BCUT2D eigenvalue weighted by atomic mass is 10.2. The normalized spacial score (nSPS) is 10.2. The van der Waals surface area contributed by atoms with Crippen LogP contribution >= 0.6 is 11.6 Å². The molecule has 0 aliphatic heterocycles. The molecule has 2 amide bonds. The summed E-state index contributed by atoms with van der Waals surface area (Å²) in [6, 6.07) is 1.59. The van der Waals surface area contributed by atoms with Crippen LogP contribution in [0.3, 0.4) is 0 Å². The van der Waals surface area contributed by atoms with Crippen LogP contribution in [-0.4, -0.2) is 29.9 Å². The van der Waals surface area contributed by atoms with E-state index in [1.807, 2.05) is 6.92 Å². The molecule has 0 aliphatic rings. The summed E-state index contributed by atoms with van der Waals surface area (Å²) in [5.74, 6) is 0.0227. The summed E-state index contributed by atoms with van der Waals surface area (Å²) in [6.45, 7) is 3.30. The van der Waals surface area contributed by atoms with Crippen LogP contribution in [0.25, 0.3) is 0 Å². The van der Waals surface area contributed by atoms with E-state index in [9.17, 15) is 9.59 Å². The summed E-state index contributed by atoms with van der Waals surface area (Å²) in [5, 5.41) is 6.25. The van der Waals surface area contributed by atoms with Crippen molar-refractivity contribution in [2.75, 3.05) is 18.4 Å². The Morgan fingerprint density at radius 2 is 2.10 bits per heavy atom. The zero-order valence-corrected chi connectivity index (χ0v) is 12.9. The Morgan fingerprint density at radius 1 is 1.33 bits per heavy atom. The highest BCUT2D eigenvalue weighted by atomic mass is 35.5. The van der Waals surface area contributed by atoms with Crippen molar-refractivity contribution in [2.24, 2.45) is 5.73 Å². The molecular weight excluding hydrogens is 292 g/mol. The Morgan fingerprint density at radius 3 is 2.71 bits per heavy atom. The number of amides is 2. The lowest BCUT2D eigenvalue weighted by Gasteiger charge is -2.08. The van der Waals surface area contributed by atoms with Gasteiger partial charge in [0.15, 0.2) is 0 Å². The molecule has 0 spiro atoms. The summed E-state index contributed by atoms with van der Waals surface area (Å²) < 4.78 is 0. The second-order valence-corrected chi connectivity index (χ2v) is 5.07. The first kappa shape index (κ1) is 17.2. The van der Waals surface area contributed by atoms with Crippen LogP contribution in [0, 0.1) is 0 Å². The zero-order chi connectivity index (χ0) is 15.7. The van der Waals surface area contributed by atoms with Crippen molar-refractivity contribution < 1.29 is 9.59 Å². The third-order valence-corrected chi connectivity index (χ3v) is 3.07. The lowest BCUT2D eigenvalue weighted by molar-refractivity contribution is -0.118. The van der Waals surface area contributed by atoms with Gasteiger partial charge in [-0.05, 0) is 25.3 Å². The maximum Gasteiger partial charge on any atom is 0.252 e. The molecule has 0 atom stereocenters. The number of hydrogen-bond acceptors (Lipinski definition) is 4. The highest BCUT2D eigenvalue weighted by molar-refractivity contribution is 6.33. The molecule has 0 saturated heterocycles. The summed E-state index contributed by atoms with van der Waals surface area (Å²) in [5.41, 5.74) is 5.45. The molecule has 116 valence electrons. The fraction of sp³-hybridized carbons (Fsp3) is 0.500. The number of nitrogens with two attached hydrogens (primary N) is 1. The molecule has 0 unspecified atom stereocenters. The van der Waals surface area contributed by atoms with Gasteiger partial charge in [-0.25, -0.2) is 4.98 Å². The van der Waals surface area contributed by atoms with Gasteiger partial charge < -0.3 is 16.4 Å². The Labute approximate surface area is 129 Å². The van der Waals surface area contributed by atoms with Gasteiger partial charge in [0.1, 0.15) is 5.82 Å². The van der Waals surface area contributed by atoms with Crippen molar-refractivity contribution in [3.8, 4) is 0 Å². The molecule has 0 radical (unpaired) electrons. The van der Waals surface area contributed by atoms with Gasteiger partial charge in [-0.15, -0.1) is 0 Å². The highest BCUT2D eigenvalue weighted by Gasteiger charge is 2.09. The molecule has 6 nitrogen and oxygen atoms in total. The molecule has 1 aromatic rings. The number of aromatic nitrogens is 1. The second-order valence-electron chi connectivity index (χ2n) is 4.66. The van der Waals surface area contributed by atoms with Crippen LogP contribution in [0.1, 0.15) is 43.0 Å². The third-order valence-electron chi connectivity index (χ3n) is 2.78. The molecule has 4 N–H and O–H groups in total. The molecular formula is C14H21ClN4O2. The first-order valence-corrected chi connectivity index (χ1v) is 7.38. The number of unbranched alkanes of at least 4 members (excludes halogenated alkanes) is 1. The standard InChI is InChI=1S/C14H21ClN4O2/c1-2-6-17-13-11(15)8-10(9-19-13)14(21)18-7-4-3-5-12(16)20/h8-9H,2-7H2,1H3,(H2,16,20)(H,17,19)(H,18,21). The van der Waals surface area contributed by atoms with Crippen molar-refractivity contribution in [1.29, 1.82) is 0 Å².